The Morgan fingerprint density at radius 3 is 2.76 bits per heavy atom. The van der Waals surface area contributed by atoms with Crippen molar-refractivity contribution in [3.05, 3.63) is 52.5 Å². The summed E-state index contributed by atoms with van der Waals surface area (Å²) in [6.07, 6.45) is 4.14. The van der Waals surface area contributed by atoms with Crippen molar-refractivity contribution in [2.75, 3.05) is 6.54 Å². The van der Waals surface area contributed by atoms with E-state index < -0.39 is 0 Å². The van der Waals surface area contributed by atoms with Gasteiger partial charge in [0.15, 0.2) is 0 Å². The minimum absolute atomic E-state index is 0.0583. The summed E-state index contributed by atoms with van der Waals surface area (Å²) in [5.41, 5.74) is 1.68. The van der Waals surface area contributed by atoms with E-state index in [1.54, 1.807) is 24.7 Å². The van der Waals surface area contributed by atoms with Gasteiger partial charge in [0.1, 0.15) is 0 Å². The number of halogens is 1. The molecule has 1 aromatic heterocycles. The van der Waals surface area contributed by atoms with Gasteiger partial charge in [-0.25, -0.2) is 4.98 Å². The molecular weight excluding hydrogens is 282 g/mol. The molecule has 0 aliphatic carbocycles. The molecule has 1 aromatic carbocycles. The molecule has 1 amide bonds. The second-order valence-corrected chi connectivity index (χ2v) is 4.51. The average Bonchev–Trinajstić information content (AvgIpc) is 2.83. The van der Waals surface area contributed by atoms with E-state index >= 15 is 0 Å². The molecule has 0 saturated heterocycles. The summed E-state index contributed by atoms with van der Waals surface area (Å²) in [6, 6.07) is 7.28. The molecule has 2 rings (SSSR count). The zero-order chi connectivity index (χ0) is 12.1. The zero-order valence-corrected chi connectivity index (χ0v) is 10.7. The highest BCUT2D eigenvalue weighted by atomic mass is 79.9. The van der Waals surface area contributed by atoms with E-state index in [9.17, 15) is 4.79 Å². The van der Waals surface area contributed by atoms with Gasteiger partial charge in [-0.3, -0.25) is 4.79 Å². The number of nitrogens with zero attached hydrogens (tertiary/aromatic N) is 1. The lowest BCUT2D eigenvalue weighted by molar-refractivity contribution is 0.0954. The van der Waals surface area contributed by atoms with Gasteiger partial charge in [0.05, 0.1) is 6.33 Å². The standard InChI is InChI=1S/C12H12BrN3O/c13-10-3-1-9(2-4-10)12(17)15-6-5-11-7-14-8-16-11/h1-4,7-8H,5-6H2,(H,14,16)(H,15,17). The van der Waals surface area contributed by atoms with E-state index in [0.717, 1.165) is 16.6 Å². The molecule has 0 bridgehead atoms. The van der Waals surface area contributed by atoms with Crippen LogP contribution in [0.5, 0.6) is 0 Å². The summed E-state index contributed by atoms with van der Waals surface area (Å²) in [4.78, 5) is 18.6. The fourth-order valence-electron chi connectivity index (χ4n) is 1.44. The molecule has 0 atom stereocenters. The monoisotopic (exact) mass is 293 g/mol. The Bertz CT molecular complexity index is 479. The molecule has 17 heavy (non-hydrogen) atoms. The van der Waals surface area contributed by atoms with Gasteiger partial charge in [-0.15, -0.1) is 0 Å². The molecule has 0 spiro atoms. The first-order valence-corrected chi connectivity index (χ1v) is 6.06. The maximum atomic E-state index is 11.7. The highest BCUT2D eigenvalue weighted by Crippen LogP contribution is 2.10. The predicted octanol–water partition coefficient (Wildman–Crippen LogP) is 2.14. The lowest BCUT2D eigenvalue weighted by Crippen LogP contribution is -2.25. The van der Waals surface area contributed by atoms with Crippen molar-refractivity contribution in [1.29, 1.82) is 0 Å². The second-order valence-electron chi connectivity index (χ2n) is 3.59. The van der Waals surface area contributed by atoms with Gasteiger partial charge in [0, 0.05) is 34.9 Å². The van der Waals surface area contributed by atoms with Gasteiger partial charge in [-0.05, 0) is 24.3 Å². The summed E-state index contributed by atoms with van der Waals surface area (Å²) in [5, 5.41) is 2.85. The second kappa shape index (κ2) is 5.63. The zero-order valence-electron chi connectivity index (χ0n) is 9.11. The third kappa shape index (κ3) is 3.42. The third-order valence-electron chi connectivity index (χ3n) is 2.34. The lowest BCUT2D eigenvalue weighted by atomic mass is 10.2. The van der Waals surface area contributed by atoms with E-state index in [1.807, 2.05) is 12.1 Å². The maximum absolute atomic E-state index is 11.7. The fraction of sp³-hybridized carbons (Fsp3) is 0.167. The van der Waals surface area contributed by atoms with Crippen LogP contribution >= 0.6 is 15.9 Å². The topological polar surface area (TPSA) is 57.8 Å². The van der Waals surface area contributed by atoms with Crippen molar-refractivity contribution in [1.82, 2.24) is 15.3 Å². The van der Waals surface area contributed by atoms with Gasteiger partial charge >= 0.3 is 0 Å². The number of rotatable bonds is 4. The van der Waals surface area contributed by atoms with E-state index in [1.165, 1.54) is 0 Å². The van der Waals surface area contributed by atoms with Crippen molar-refractivity contribution in [2.24, 2.45) is 0 Å². The molecular formula is C12H12BrN3O. The van der Waals surface area contributed by atoms with Gasteiger partial charge in [-0.1, -0.05) is 15.9 Å². The number of aromatic nitrogens is 2. The van der Waals surface area contributed by atoms with Crippen LogP contribution in [-0.4, -0.2) is 22.4 Å². The summed E-state index contributed by atoms with van der Waals surface area (Å²) in [7, 11) is 0. The Morgan fingerprint density at radius 2 is 2.12 bits per heavy atom. The minimum Gasteiger partial charge on any atom is -0.352 e. The lowest BCUT2D eigenvalue weighted by Gasteiger charge is -2.04. The summed E-state index contributed by atoms with van der Waals surface area (Å²) >= 11 is 3.33. The molecule has 5 heteroatoms. The van der Waals surface area contributed by atoms with Crippen molar-refractivity contribution >= 4 is 21.8 Å². The Labute approximate surface area is 108 Å². The number of benzene rings is 1. The van der Waals surface area contributed by atoms with Crippen LogP contribution in [0.25, 0.3) is 0 Å². The minimum atomic E-state index is -0.0583. The smallest absolute Gasteiger partial charge is 0.251 e. The van der Waals surface area contributed by atoms with E-state index in [2.05, 4.69) is 31.2 Å². The van der Waals surface area contributed by atoms with Gasteiger partial charge in [0.25, 0.3) is 5.91 Å². The van der Waals surface area contributed by atoms with Crippen LogP contribution in [0, 0.1) is 0 Å². The maximum Gasteiger partial charge on any atom is 0.251 e. The summed E-state index contributed by atoms with van der Waals surface area (Å²) in [5.74, 6) is -0.0583. The number of carbonyl (C=O) groups is 1. The summed E-state index contributed by atoms with van der Waals surface area (Å²) < 4.78 is 0.964. The van der Waals surface area contributed by atoms with E-state index in [0.29, 0.717) is 12.1 Å². The first kappa shape index (κ1) is 11.9. The molecule has 0 aliphatic heterocycles. The van der Waals surface area contributed by atoms with Crippen LogP contribution in [0.15, 0.2) is 41.3 Å². The number of nitrogens with one attached hydrogen (secondary N) is 2. The SMILES string of the molecule is O=C(NCCc1cnc[nH]1)c1ccc(Br)cc1. The van der Waals surface area contributed by atoms with Crippen LogP contribution in [0.4, 0.5) is 0 Å². The van der Waals surface area contributed by atoms with Crippen molar-refractivity contribution < 1.29 is 4.79 Å². The number of hydrogen-bond acceptors (Lipinski definition) is 2. The van der Waals surface area contributed by atoms with Crippen LogP contribution in [0.2, 0.25) is 0 Å². The first-order valence-electron chi connectivity index (χ1n) is 5.27. The molecule has 0 saturated carbocycles. The summed E-state index contributed by atoms with van der Waals surface area (Å²) in [6.45, 7) is 0.594. The van der Waals surface area contributed by atoms with Crippen molar-refractivity contribution in [2.45, 2.75) is 6.42 Å². The molecule has 0 radical (unpaired) electrons. The molecule has 0 aliphatic rings. The molecule has 2 N–H and O–H groups in total. The normalized spacial score (nSPS) is 10.2. The van der Waals surface area contributed by atoms with Crippen LogP contribution < -0.4 is 5.32 Å². The van der Waals surface area contributed by atoms with Gasteiger partial charge in [0.2, 0.25) is 0 Å². The Kier molecular flexibility index (Phi) is 3.93. The largest absolute Gasteiger partial charge is 0.352 e. The van der Waals surface area contributed by atoms with Gasteiger partial charge in [-0.2, -0.15) is 0 Å². The molecule has 0 fully saturated rings. The first-order chi connectivity index (χ1) is 8.25. The van der Waals surface area contributed by atoms with Crippen LogP contribution in [0.1, 0.15) is 16.1 Å². The Morgan fingerprint density at radius 1 is 1.35 bits per heavy atom. The number of amides is 1. The number of hydrogen-bond donors (Lipinski definition) is 2. The Hall–Kier alpha value is -1.62. The average molecular weight is 294 g/mol. The molecule has 0 unspecified atom stereocenters. The number of aromatic amines is 1. The quantitative estimate of drug-likeness (QED) is 0.907. The molecule has 1 heterocycles. The molecule has 4 nitrogen and oxygen atoms in total. The fourth-order valence-corrected chi connectivity index (χ4v) is 1.70. The highest BCUT2D eigenvalue weighted by molar-refractivity contribution is 9.10. The number of H-pyrrole nitrogens is 1. The number of imidazole rings is 1. The van der Waals surface area contributed by atoms with Crippen LogP contribution in [-0.2, 0) is 6.42 Å². The van der Waals surface area contributed by atoms with Crippen LogP contribution in [0.3, 0.4) is 0 Å². The highest BCUT2D eigenvalue weighted by Gasteiger charge is 2.04. The van der Waals surface area contributed by atoms with Gasteiger partial charge < -0.3 is 10.3 Å². The van der Waals surface area contributed by atoms with Crippen molar-refractivity contribution in [3.63, 3.8) is 0 Å². The number of carbonyl (C=O) groups excluding carboxylic acids is 1. The predicted molar refractivity (Wildman–Crippen MR) is 68.8 cm³/mol. The molecule has 2 aromatic rings. The van der Waals surface area contributed by atoms with E-state index in [4.69, 9.17) is 0 Å². The molecule has 88 valence electrons. The van der Waals surface area contributed by atoms with Crippen molar-refractivity contribution in [3.8, 4) is 0 Å². The van der Waals surface area contributed by atoms with E-state index in [-0.39, 0.29) is 5.91 Å². The third-order valence-corrected chi connectivity index (χ3v) is 2.87. The Balaban J connectivity index is 1.83.